The third-order valence-electron chi connectivity index (χ3n) is 7.30. The summed E-state index contributed by atoms with van der Waals surface area (Å²) in [6.07, 6.45) is 2.99. The first-order chi connectivity index (χ1) is 17.4. The quantitative estimate of drug-likeness (QED) is 0.468. The lowest BCUT2D eigenvalue weighted by atomic mass is 9.81. The van der Waals surface area contributed by atoms with E-state index in [4.69, 9.17) is 9.47 Å². The van der Waals surface area contributed by atoms with Crippen LogP contribution in [0.1, 0.15) is 46.9 Å². The lowest BCUT2D eigenvalue weighted by molar-refractivity contribution is -0.123. The van der Waals surface area contributed by atoms with Crippen LogP contribution in [0.5, 0.6) is 0 Å². The van der Waals surface area contributed by atoms with Gasteiger partial charge in [0.25, 0.3) is 5.91 Å². The van der Waals surface area contributed by atoms with Crippen molar-refractivity contribution in [2.24, 2.45) is 23.7 Å². The Hall–Kier alpha value is -4.01. The van der Waals surface area contributed by atoms with Crippen LogP contribution < -0.4 is 10.2 Å². The number of carbonyl (C=O) groups excluding carboxylic acids is 5. The molecule has 9 heteroatoms. The average Bonchev–Trinajstić information content (AvgIpc) is 3.57. The standard InChI is InChI=1S/C27H26N2O7/c1-2-35-26(33)15-5-9-19(10-6-15)28-21(30)14-36-27(34)16-7-11-20(12-8-16)29-24(31)22-17-3-4-18(13-17)23(22)25(29)32/h5-12,17-18,22-23H,2-4,13-14H2,1H3,(H,28,30)/t17-,18-,22-,23+/m0/s1. The van der Waals surface area contributed by atoms with Crippen LogP contribution in [-0.4, -0.2) is 42.9 Å². The molecule has 3 amide bonds. The lowest BCUT2D eigenvalue weighted by Gasteiger charge is -2.19. The van der Waals surface area contributed by atoms with Gasteiger partial charge >= 0.3 is 11.9 Å². The van der Waals surface area contributed by atoms with Crippen LogP contribution in [-0.2, 0) is 23.9 Å². The largest absolute Gasteiger partial charge is 0.462 e. The predicted octanol–water partition coefficient (Wildman–Crippen LogP) is 3.19. The molecule has 1 saturated heterocycles. The number of fused-ring (bicyclic) bond motifs is 5. The van der Waals surface area contributed by atoms with E-state index in [0.717, 1.165) is 19.3 Å². The topological polar surface area (TPSA) is 119 Å². The van der Waals surface area contributed by atoms with Gasteiger partial charge in [-0.3, -0.25) is 19.3 Å². The number of esters is 2. The maximum Gasteiger partial charge on any atom is 0.338 e. The molecule has 5 rings (SSSR count). The highest BCUT2D eigenvalue weighted by atomic mass is 16.5. The molecule has 0 spiro atoms. The van der Waals surface area contributed by atoms with Crippen LogP contribution in [0.25, 0.3) is 0 Å². The Labute approximate surface area is 207 Å². The highest BCUT2D eigenvalue weighted by Crippen LogP contribution is 2.56. The van der Waals surface area contributed by atoms with E-state index in [9.17, 15) is 24.0 Å². The molecular formula is C27H26N2O7. The third kappa shape index (κ3) is 4.25. The second kappa shape index (κ2) is 9.56. The van der Waals surface area contributed by atoms with Gasteiger partial charge in [0.1, 0.15) is 0 Å². The zero-order valence-electron chi connectivity index (χ0n) is 19.8. The van der Waals surface area contributed by atoms with Crippen LogP contribution in [0.15, 0.2) is 48.5 Å². The van der Waals surface area contributed by atoms with Gasteiger partial charge in [-0.1, -0.05) is 0 Å². The molecule has 1 N–H and O–H groups in total. The van der Waals surface area contributed by atoms with E-state index >= 15 is 0 Å². The van der Waals surface area contributed by atoms with E-state index in [1.807, 2.05) is 0 Å². The van der Waals surface area contributed by atoms with Crippen LogP contribution >= 0.6 is 0 Å². The Bertz CT molecular complexity index is 1190. The number of hydrogen-bond donors (Lipinski definition) is 1. The normalized spacial score (nSPS) is 24.0. The summed E-state index contributed by atoms with van der Waals surface area (Å²) in [5, 5.41) is 2.58. The molecule has 2 aromatic carbocycles. The number of nitrogens with one attached hydrogen (secondary N) is 1. The van der Waals surface area contributed by atoms with Crippen molar-refractivity contribution in [2.45, 2.75) is 26.2 Å². The fourth-order valence-electron chi connectivity index (χ4n) is 5.73. The van der Waals surface area contributed by atoms with E-state index in [-0.39, 0.29) is 35.8 Å². The molecule has 4 atom stereocenters. The second-order valence-corrected chi connectivity index (χ2v) is 9.37. The summed E-state index contributed by atoms with van der Waals surface area (Å²) in [5.74, 6) is -1.79. The maximum atomic E-state index is 13.0. The van der Waals surface area contributed by atoms with Gasteiger partial charge in [0, 0.05) is 5.69 Å². The molecule has 186 valence electrons. The number of carbonyl (C=O) groups is 5. The molecule has 2 aliphatic carbocycles. The Morgan fingerprint density at radius 3 is 1.92 bits per heavy atom. The summed E-state index contributed by atoms with van der Waals surface area (Å²) in [6, 6.07) is 12.2. The van der Waals surface area contributed by atoms with Gasteiger partial charge < -0.3 is 14.8 Å². The van der Waals surface area contributed by atoms with Gasteiger partial charge in [-0.25, -0.2) is 9.59 Å². The Morgan fingerprint density at radius 1 is 0.833 bits per heavy atom. The molecule has 2 saturated carbocycles. The molecule has 2 bridgehead atoms. The van der Waals surface area contributed by atoms with Crippen molar-refractivity contribution in [2.75, 3.05) is 23.4 Å². The molecule has 0 aromatic heterocycles. The van der Waals surface area contributed by atoms with Crippen LogP contribution in [0.2, 0.25) is 0 Å². The lowest BCUT2D eigenvalue weighted by Crippen LogP contribution is -2.32. The number of anilines is 2. The number of hydrogen-bond acceptors (Lipinski definition) is 7. The molecule has 0 unspecified atom stereocenters. The first-order valence-corrected chi connectivity index (χ1v) is 12.1. The third-order valence-corrected chi connectivity index (χ3v) is 7.30. The fraction of sp³-hybridized carbons (Fsp3) is 0.370. The zero-order chi connectivity index (χ0) is 25.4. The van der Waals surface area contributed by atoms with Crippen LogP contribution in [0.4, 0.5) is 11.4 Å². The van der Waals surface area contributed by atoms with Gasteiger partial charge in [0.15, 0.2) is 6.61 Å². The number of imide groups is 1. The minimum absolute atomic E-state index is 0.139. The van der Waals surface area contributed by atoms with Crippen molar-refractivity contribution in [3.8, 4) is 0 Å². The number of benzene rings is 2. The highest BCUT2D eigenvalue weighted by Gasteiger charge is 2.61. The molecule has 0 radical (unpaired) electrons. The summed E-state index contributed by atoms with van der Waals surface area (Å²) in [6.45, 7) is 1.47. The number of amides is 3. The first-order valence-electron chi connectivity index (χ1n) is 12.1. The van der Waals surface area contributed by atoms with E-state index in [0.29, 0.717) is 28.8 Å². The van der Waals surface area contributed by atoms with Crippen molar-refractivity contribution >= 4 is 41.0 Å². The van der Waals surface area contributed by atoms with E-state index in [1.54, 1.807) is 31.2 Å². The van der Waals surface area contributed by atoms with Gasteiger partial charge in [-0.15, -0.1) is 0 Å². The Kier molecular flexibility index (Phi) is 6.30. The molecule has 3 fully saturated rings. The SMILES string of the molecule is CCOC(=O)c1ccc(NC(=O)COC(=O)c2ccc(N3C(=O)[C@@H]4[C@H]5CC[C@@H](C5)[C@@H]4C3=O)cc2)cc1. The zero-order valence-corrected chi connectivity index (χ0v) is 19.8. The number of ether oxygens (including phenoxy) is 2. The highest BCUT2D eigenvalue weighted by molar-refractivity contribution is 6.22. The van der Waals surface area contributed by atoms with E-state index in [2.05, 4.69) is 5.32 Å². The maximum absolute atomic E-state index is 13.0. The first kappa shape index (κ1) is 23.7. The Balaban J connectivity index is 1.15. The fourth-order valence-corrected chi connectivity index (χ4v) is 5.73. The number of nitrogens with zero attached hydrogens (tertiary/aromatic N) is 1. The molecule has 1 heterocycles. The summed E-state index contributed by atoms with van der Waals surface area (Å²) in [4.78, 5) is 63.4. The van der Waals surface area contributed by atoms with E-state index in [1.165, 1.54) is 29.2 Å². The average molecular weight is 491 g/mol. The van der Waals surface area contributed by atoms with Crippen molar-refractivity contribution in [3.05, 3.63) is 59.7 Å². The minimum atomic E-state index is -0.705. The van der Waals surface area contributed by atoms with E-state index < -0.39 is 24.5 Å². The van der Waals surface area contributed by atoms with Gasteiger partial charge in [0.05, 0.1) is 35.3 Å². The molecule has 2 aromatic rings. The summed E-state index contributed by atoms with van der Waals surface area (Å²) >= 11 is 0. The molecule has 3 aliphatic rings. The minimum Gasteiger partial charge on any atom is -0.462 e. The number of rotatable bonds is 7. The van der Waals surface area contributed by atoms with Gasteiger partial charge in [-0.05, 0) is 86.6 Å². The molecule has 36 heavy (non-hydrogen) atoms. The van der Waals surface area contributed by atoms with Crippen LogP contribution in [0, 0.1) is 23.7 Å². The molecular weight excluding hydrogens is 464 g/mol. The smallest absolute Gasteiger partial charge is 0.338 e. The van der Waals surface area contributed by atoms with Crippen molar-refractivity contribution in [1.82, 2.24) is 0 Å². The van der Waals surface area contributed by atoms with Gasteiger partial charge in [-0.2, -0.15) is 0 Å². The van der Waals surface area contributed by atoms with Crippen molar-refractivity contribution in [1.29, 1.82) is 0 Å². The molecule has 1 aliphatic heterocycles. The molecule has 9 nitrogen and oxygen atoms in total. The monoisotopic (exact) mass is 490 g/mol. The van der Waals surface area contributed by atoms with Crippen LogP contribution in [0.3, 0.4) is 0 Å². The van der Waals surface area contributed by atoms with Crippen molar-refractivity contribution in [3.63, 3.8) is 0 Å². The predicted molar refractivity (Wildman–Crippen MR) is 128 cm³/mol. The summed E-state index contributed by atoms with van der Waals surface area (Å²) in [5.41, 5.74) is 1.44. The van der Waals surface area contributed by atoms with Gasteiger partial charge in [0.2, 0.25) is 11.8 Å². The van der Waals surface area contributed by atoms with Crippen molar-refractivity contribution < 1.29 is 33.4 Å². The summed E-state index contributed by atoms with van der Waals surface area (Å²) < 4.78 is 10.00. The second-order valence-electron chi connectivity index (χ2n) is 9.37. The summed E-state index contributed by atoms with van der Waals surface area (Å²) in [7, 11) is 0. The Morgan fingerprint density at radius 2 is 1.36 bits per heavy atom.